The van der Waals surface area contributed by atoms with Gasteiger partial charge >= 0.3 is 0 Å². The molecule has 1 aromatic carbocycles. The molecule has 1 saturated heterocycles. The molecule has 0 aliphatic carbocycles. The maximum atomic E-state index is 14.0. The minimum atomic E-state index is -0.611. The van der Waals surface area contributed by atoms with Gasteiger partial charge in [0.15, 0.2) is 0 Å². The molecule has 1 spiro atoms. The first-order valence-corrected chi connectivity index (χ1v) is 8.68. The number of amides is 1. The van der Waals surface area contributed by atoms with Gasteiger partial charge in [-0.3, -0.25) is 4.79 Å². The van der Waals surface area contributed by atoms with Crippen LogP contribution in [-0.4, -0.2) is 40.4 Å². The molecule has 134 valence electrons. The van der Waals surface area contributed by atoms with Crippen LogP contribution in [-0.2, 0) is 0 Å². The van der Waals surface area contributed by atoms with Gasteiger partial charge < -0.3 is 16.0 Å². The van der Waals surface area contributed by atoms with E-state index in [4.69, 9.17) is 17.3 Å². The average molecular weight is 374 g/mol. The lowest BCUT2D eigenvalue weighted by Gasteiger charge is -2.42. The second-order valence-corrected chi connectivity index (χ2v) is 6.87. The molecule has 0 unspecified atom stereocenters. The van der Waals surface area contributed by atoms with Crippen molar-refractivity contribution in [1.29, 1.82) is 0 Å². The van der Waals surface area contributed by atoms with E-state index >= 15 is 0 Å². The van der Waals surface area contributed by atoms with E-state index in [2.05, 4.69) is 15.3 Å². The molecule has 26 heavy (non-hydrogen) atoms. The van der Waals surface area contributed by atoms with Crippen LogP contribution >= 0.6 is 11.6 Å². The summed E-state index contributed by atoms with van der Waals surface area (Å²) < 4.78 is 14.0. The molecular weight excluding hydrogens is 357 g/mol. The van der Waals surface area contributed by atoms with Crippen molar-refractivity contribution in [3.05, 3.63) is 58.6 Å². The standard InChI is InChI=1S/C18H17ClFN5O/c19-14-5-4-11(10-22-14)17(26)25-8-6-18(7-9-25)23-13-3-1-2-12(20)15(13)16(21)24-18/h1-5,10,23H,6-9H2,(H2,21,24). The Labute approximate surface area is 154 Å². The van der Waals surface area contributed by atoms with Crippen LogP contribution < -0.4 is 11.1 Å². The summed E-state index contributed by atoms with van der Waals surface area (Å²) in [4.78, 5) is 22.8. The van der Waals surface area contributed by atoms with Crippen molar-refractivity contribution in [3.8, 4) is 0 Å². The van der Waals surface area contributed by atoms with E-state index in [0.717, 1.165) is 0 Å². The summed E-state index contributed by atoms with van der Waals surface area (Å²) in [6, 6.07) is 8.05. The van der Waals surface area contributed by atoms with Crippen molar-refractivity contribution in [2.24, 2.45) is 10.7 Å². The predicted octanol–water partition coefficient (Wildman–Crippen LogP) is 2.64. The molecule has 1 aromatic heterocycles. The Morgan fingerprint density at radius 2 is 2.04 bits per heavy atom. The van der Waals surface area contributed by atoms with Gasteiger partial charge in [0, 0.05) is 37.8 Å². The molecule has 1 fully saturated rings. The van der Waals surface area contributed by atoms with Gasteiger partial charge in [-0.1, -0.05) is 17.7 Å². The highest BCUT2D eigenvalue weighted by atomic mass is 35.5. The number of rotatable bonds is 1. The Bertz CT molecular complexity index is 891. The van der Waals surface area contributed by atoms with Crippen LogP contribution in [0.15, 0.2) is 41.5 Å². The number of aliphatic imine (C=N–C) groups is 1. The van der Waals surface area contributed by atoms with Crippen LogP contribution in [0.4, 0.5) is 10.1 Å². The minimum absolute atomic E-state index is 0.0942. The molecule has 3 N–H and O–H groups in total. The summed E-state index contributed by atoms with van der Waals surface area (Å²) in [7, 11) is 0. The number of amidine groups is 1. The number of benzene rings is 1. The zero-order chi connectivity index (χ0) is 18.3. The summed E-state index contributed by atoms with van der Waals surface area (Å²) in [5.74, 6) is -0.296. The highest BCUT2D eigenvalue weighted by molar-refractivity contribution is 6.29. The first-order valence-electron chi connectivity index (χ1n) is 8.31. The molecular formula is C18H17ClFN5O. The number of nitrogens with two attached hydrogens (primary N) is 1. The van der Waals surface area contributed by atoms with E-state index in [0.29, 0.717) is 47.9 Å². The zero-order valence-corrected chi connectivity index (χ0v) is 14.6. The molecule has 1 amide bonds. The van der Waals surface area contributed by atoms with Crippen molar-refractivity contribution >= 4 is 29.0 Å². The smallest absolute Gasteiger partial charge is 0.255 e. The third-order valence-corrected chi connectivity index (χ3v) is 5.05. The Morgan fingerprint density at radius 3 is 2.73 bits per heavy atom. The topological polar surface area (TPSA) is 83.6 Å². The number of anilines is 1. The summed E-state index contributed by atoms with van der Waals surface area (Å²) in [5, 5.41) is 3.66. The quantitative estimate of drug-likeness (QED) is 0.753. The fourth-order valence-electron chi connectivity index (χ4n) is 3.46. The van der Waals surface area contributed by atoms with Crippen molar-refractivity contribution in [3.63, 3.8) is 0 Å². The number of nitrogens with one attached hydrogen (secondary N) is 1. The van der Waals surface area contributed by atoms with Crippen molar-refractivity contribution in [2.75, 3.05) is 18.4 Å². The first kappa shape index (κ1) is 16.8. The van der Waals surface area contributed by atoms with Crippen LogP contribution in [0.5, 0.6) is 0 Å². The number of piperidine rings is 1. The molecule has 4 rings (SSSR count). The second-order valence-electron chi connectivity index (χ2n) is 6.48. The van der Waals surface area contributed by atoms with Gasteiger partial charge in [0.1, 0.15) is 22.5 Å². The maximum absolute atomic E-state index is 14.0. The Hall–Kier alpha value is -2.67. The van der Waals surface area contributed by atoms with Gasteiger partial charge in [-0.05, 0) is 24.3 Å². The van der Waals surface area contributed by atoms with Gasteiger partial charge in [-0.2, -0.15) is 0 Å². The average Bonchev–Trinajstić information content (AvgIpc) is 2.62. The Balaban J connectivity index is 1.51. The first-order chi connectivity index (χ1) is 12.5. The van der Waals surface area contributed by atoms with E-state index in [1.165, 1.54) is 12.3 Å². The highest BCUT2D eigenvalue weighted by Gasteiger charge is 2.39. The SMILES string of the molecule is NC1=NC2(CCN(C(=O)c3ccc(Cl)nc3)CC2)Nc2cccc(F)c21. The molecule has 0 atom stereocenters. The lowest BCUT2D eigenvalue weighted by molar-refractivity contribution is 0.0685. The molecule has 2 aliphatic rings. The monoisotopic (exact) mass is 373 g/mol. The van der Waals surface area contributed by atoms with Crippen LogP contribution in [0.3, 0.4) is 0 Å². The van der Waals surface area contributed by atoms with Crippen LogP contribution in [0.2, 0.25) is 5.15 Å². The molecule has 6 nitrogen and oxygen atoms in total. The van der Waals surface area contributed by atoms with Gasteiger partial charge in [0.2, 0.25) is 0 Å². The number of hydrogen-bond acceptors (Lipinski definition) is 5. The number of pyridine rings is 1. The molecule has 8 heteroatoms. The van der Waals surface area contributed by atoms with Crippen molar-refractivity contribution in [2.45, 2.75) is 18.5 Å². The molecule has 0 radical (unpaired) electrons. The molecule has 3 heterocycles. The fourth-order valence-corrected chi connectivity index (χ4v) is 3.57. The number of likely N-dealkylation sites (tertiary alicyclic amines) is 1. The van der Waals surface area contributed by atoms with Gasteiger partial charge in [-0.25, -0.2) is 14.4 Å². The van der Waals surface area contributed by atoms with Gasteiger partial charge in [-0.15, -0.1) is 0 Å². The van der Waals surface area contributed by atoms with E-state index in [1.54, 1.807) is 29.2 Å². The van der Waals surface area contributed by atoms with Crippen LogP contribution in [0.1, 0.15) is 28.8 Å². The maximum Gasteiger partial charge on any atom is 0.255 e. The van der Waals surface area contributed by atoms with E-state index < -0.39 is 11.5 Å². The summed E-state index contributed by atoms with van der Waals surface area (Å²) in [6.07, 6.45) is 2.63. The van der Waals surface area contributed by atoms with Crippen molar-refractivity contribution < 1.29 is 9.18 Å². The van der Waals surface area contributed by atoms with Gasteiger partial charge in [0.25, 0.3) is 5.91 Å². The third kappa shape index (κ3) is 2.88. The number of aromatic nitrogens is 1. The highest BCUT2D eigenvalue weighted by Crippen LogP contribution is 2.35. The predicted molar refractivity (Wildman–Crippen MR) is 97.9 cm³/mol. The molecule has 2 aromatic rings. The summed E-state index contributed by atoms with van der Waals surface area (Å²) in [6.45, 7) is 1.02. The zero-order valence-electron chi connectivity index (χ0n) is 13.9. The van der Waals surface area contributed by atoms with Crippen molar-refractivity contribution in [1.82, 2.24) is 9.88 Å². The number of fused-ring (bicyclic) bond motifs is 1. The third-order valence-electron chi connectivity index (χ3n) is 4.82. The van der Waals surface area contributed by atoms with Gasteiger partial charge in [0.05, 0.1) is 11.1 Å². The molecule has 0 bridgehead atoms. The lowest BCUT2D eigenvalue weighted by Crippen LogP contribution is -2.52. The van der Waals surface area contributed by atoms with E-state index in [-0.39, 0.29) is 11.7 Å². The Morgan fingerprint density at radius 1 is 1.27 bits per heavy atom. The summed E-state index contributed by atoms with van der Waals surface area (Å²) >= 11 is 5.77. The fraction of sp³-hybridized carbons (Fsp3) is 0.278. The van der Waals surface area contributed by atoms with E-state index in [1.807, 2.05) is 0 Å². The normalized spacial score (nSPS) is 18.1. The second kappa shape index (κ2) is 6.25. The lowest BCUT2D eigenvalue weighted by atomic mass is 9.93. The largest absolute Gasteiger partial charge is 0.383 e. The van der Waals surface area contributed by atoms with Crippen LogP contribution in [0, 0.1) is 5.82 Å². The van der Waals surface area contributed by atoms with E-state index in [9.17, 15) is 9.18 Å². The number of halogens is 2. The number of carbonyl (C=O) groups is 1. The Kier molecular flexibility index (Phi) is 4.03. The number of hydrogen-bond donors (Lipinski definition) is 2. The minimum Gasteiger partial charge on any atom is -0.383 e. The van der Waals surface area contributed by atoms with Crippen LogP contribution in [0.25, 0.3) is 0 Å². The number of carbonyl (C=O) groups excluding carboxylic acids is 1. The number of nitrogens with zero attached hydrogens (tertiary/aromatic N) is 3. The molecule has 0 saturated carbocycles. The molecule has 2 aliphatic heterocycles. The summed E-state index contributed by atoms with van der Waals surface area (Å²) in [5.41, 5.74) is 6.85.